The van der Waals surface area contributed by atoms with Crippen LogP contribution in [0.3, 0.4) is 0 Å². The maximum atomic E-state index is 12.8. The zero-order valence-electron chi connectivity index (χ0n) is 14.9. The third-order valence-electron chi connectivity index (χ3n) is 4.64. The van der Waals surface area contributed by atoms with Crippen LogP contribution in [0.25, 0.3) is 0 Å². The summed E-state index contributed by atoms with van der Waals surface area (Å²) in [5.41, 5.74) is 2.75. The molecule has 0 atom stereocenters. The van der Waals surface area contributed by atoms with Crippen molar-refractivity contribution in [2.75, 3.05) is 39.8 Å². The maximum Gasteiger partial charge on any atom is 0.259 e. The fourth-order valence-electron chi connectivity index (χ4n) is 3.13. The smallest absolute Gasteiger partial charge is 0.259 e. The number of hydrogen-bond acceptors (Lipinski definition) is 4. The largest absolute Gasteiger partial charge is 0.480 e. The molecule has 2 aromatic rings. The second-order valence-corrected chi connectivity index (χ2v) is 6.38. The number of pyridine rings is 1. The molecule has 25 heavy (non-hydrogen) atoms. The number of ether oxygens (including phenoxy) is 1. The molecule has 1 amide bonds. The highest BCUT2D eigenvalue weighted by molar-refractivity contribution is 5.96. The van der Waals surface area contributed by atoms with Crippen LogP contribution in [0.4, 0.5) is 0 Å². The molecule has 0 spiro atoms. The lowest BCUT2D eigenvalue weighted by molar-refractivity contribution is 0.0634. The quantitative estimate of drug-likeness (QED) is 0.839. The van der Waals surface area contributed by atoms with Gasteiger partial charge in [-0.1, -0.05) is 30.3 Å². The molecule has 0 radical (unpaired) electrons. The average Bonchev–Trinajstić information content (AvgIpc) is 2.67. The van der Waals surface area contributed by atoms with Gasteiger partial charge in [-0.15, -0.1) is 0 Å². The first-order chi connectivity index (χ1) is 12.2. The first kappa shape index (κ1) is 17.4. The lowest BCUT2D eigenvalue weighted by atomic mass is 10.1. The van der Waals surface area contributed by atoms with E-state index in [-0.39, 0.29) is 5.91 Å². The molecule has 1 fully saturated rings. The monoisotopic (exact) mass is 339 g/mol. The third kappa shape index (κ3) is 4.37. The van der Waals surface area contributed by atoms with Gasteiger partial charge in [-0.05, 0) is 31.0 Å². The van der Waals surface area contributed by atoms with Gasteiger partial charge in [-0.2, -0.15) is 0 Å². The van der Waals surface area contributed by atoms with Gasteiger partial charge >= 0.3 is 0 Å². The molecule has 5 nitrogen and oxygen atoms in total. The highest BCUT2D eigenvalue weighted by Gasteiger charge is 2.24. The second-order valence-electron chi connectivity index (χ2n) is 6.38. The van der Waals surface area contributed by atoms with E-state index < -0.39 is 0 Å². The Balaban J connectivity index is 1.54. The van der Waals surface area contributed by atoms with E-state index in [1.165, 1.54) is 5.56 Å². The summed E-state index contributed by atoms with van der Waals surface area (Å²) in [6.45, 7) is 6.21. The Bertz CT molecular complexity index is 710. The minimum atomic E-state index is 0.00654. The normalized spacial score (nSPS) is 15.2. The van der Waals surface area contributed by atoms with Crippen molar-refractivity contribution in [1.82, 2.24) is 14.8 Å². The number of aromatic nitrogens is 1. The number of carbonyl (C=O) groups is 1. The Morgan fingerprint density at radius 2 is 1.80 bits per heavy atom. The van der Waals surface area contributed by atoms with E-state index in [1.807, 2.05) is 30.0 Å². The first-order valence-corrected chi connectivity index (χ1v) is 8.74. The minimum absolute atomic E-state index is 0.00654. The van der Waals surface area contributed by atoms with Crippen LogP contribution in [0.15, 0.2) is 42.5 Å². The molecular weight excluding hydrogens is 314 g/mol. The van der Waals surface area contributed by atoms with Crippen LogP contribution in [0.5, 0.6) is 5.88 Å². The van der Waals surface area contributed by atoms with Gasteiger partial charge in [0.25, 0.3) is 5.91 Å². The molecule has 0 unspecified atom stereocenters. The molecule has 3 rings (SSSR count). The molecule has 1 aliphatic rings. The number of rotatable bonds is 5. The molecule has 1 aromatic heterocycles. The second kappa shape index (κ2) is 8.12. The van der Waals surface area contributed by atoms with Gasteiger partial charge in [-0.25, -0.2) is 4.98 Å². The lowest BCUT2D eigenvalue weighted by Crippen LogP contribution is -2.49. The van der Waals surface area contributed by atoms with E-state index >= 15 is 0 Å². The van der Waals surface area contributed by atoms with Gasteiger partial charge in [0, 0.05) is 38.4 Å². The Labute approximate surface area is 149 Å². The molecular formula is C20H25N3O2. The fourth-order valence-corrected chi connectivity index (χ4v) is 3.13. The van der Waals surface area contributed by atoms with Gasteiger partial charge in [0.05, 0.1) is 7.11 Å². The van der Waals surface area contributed by atoms with E-state index in [4.69, 9.17) is 4.74 Å². The number of hydrogen-bond donors (Lipinski definition) is 0. The molecule has 5 heteroatoms. The van der Waals surface area contributed by atoms with Crippen molar-refractivity contribution in [2.45, 2.75) is 13.3 Å². The SMILES string of the molecule is COc1nc(C)ccc1C(=O)N1CCN(CCc2ccccc2)CC1. The van der Waals surface area contributed by atoms with Crippen LogP contribution < -0.4 is 4.74 Å². The molecule has 0 N–H and O–H groups in total. The van der Waals surface area contributed by atoms with Crippen molar-refractivity contribution >= 4 is 5.91 Å². The van der Waals surface area contributed by atoms with Gasteiger partial charge in [0.2, 0.25) is 5.88 Å². The number of methoxy groups -OCH3 is 1. The van der Waals surface area contributed by atoms with Crippen molar-refractivity contribution in [2.24, 2.45) is 0 Å². The Kier molecular flexibility index (Phi) is 5.66. The highest BCUT2D eigenvalue weighted by Crippen LogP contribution is 2.19. The van der Waals surface area contributed by atoms with Crippen LogP contribution in [0, 0.1) is 6.92 Å². The van der Waals surface area contributed by atoms with Crippen LogP contribution in [0.1, 0.15) is 21.6 Å². The van der Waals surface area contributed by atoms with E-state index in [0.717, 1.165) is 44.8 Å². The molecule has 0 saturated carbocycles. The van der Waals surface area contributed by atoms with Crippen molar-refractivity contribution in [3.05, 3.63) is 59.3 Å². The summed E-state index contributed by atoms with van der Waals surface area (Å²) in [7, 11) is 1.56. The summed E-state index contributed by atoms with van der Waals surface area (Å²) in [5, 5.41) is 0. The van der Waals surface area contributed by atoms with Crippen LogP contribution >= 0.6 is 0 Å². The first-order valence-electron chi connectivity index (χ1n) is 8.74. The summed E-state index contributed by atoms with van der Waals surface area (Å²) in [4.78, 5) is 21.4. The Hall–Kier alpha value is -2.40. The van der Waals surface area contributed by atoms with Gasteiger partial charge in [0.1, 0.15) is 5.56 Å². The number of carbonyl (C=O) groups excluding carboxylic acids is 1. The van der Waals surface area contributed by atoms with Crippen LogP contribution in [0.2, 0.25) is 0 Å². The summed E-state index contributed by atoms with van der Waals surface area (Å²) >= 11 is 0. The van der Waals surface area contributed by atoms with Crippen molar-refractivity contribution < 1.29 is 9.53 Å². The van der Waals surface area contributed by atoms with E-state index in [0.29, 0.717) is 11.4 Å². The fraction of sp³-hybridized carbons (Fsp3) is 0.400. The predicted octanol–water partition coefficient (Wildman–Crippen LogP) is 2.40. The molecule has 2 heterocycles. The standard InChI is InChI=1S/C20H25N3O2/c1-16-8-9-18(19(21-16)25-2)20(24)23-14-12-22(13-15-23)11-10-17-6-4-3-5-7-17/h3-9H,10-15H2,1-2H3. The Morgan fingerprint density at radius 1 is 1.08 bits per heavy atom. The average molecular weight is 339 g/mol. The summed E-state index contributed by atoms with van der Waals surface area (Å²) in [6, 6.07) is 14.2. The van der Waals surface area contributed by atoms with Gasteiger partial charge in [-0.3, -0.25) is 9.69 Å². The maximum absolute atomic E-state index is 12.8. The van der Waals surface area contributed by atoms with Crippen molar-refractivity contribution in [3.63, 3.8) is 0 Å². The lowest BCUT2D eigenvalue weighted by Gasteiger charge is -2.34. The van der Waals surface area contributed by atoms with Crippen LogP contribution in [-0.2, 0) is 6.42 Å². The van der Waals surface area contributed by atoms with E-state index in [1.54, 1.807) is 7.11 Å². The van der Waals surface area contributed by atoms with Crippen molar-refractivity contribution in [3.8, 4) is 5.88 Å². The van der Waals surface area contributed by atoms with E-state index in [9.17, 15) is 4.79 Å². The summed E-state index contributed by atoms with van der Waals surface area (Å²) in [5.74, 6) is 0.420. The number of amides is 1. The van der Waals surface area contributed by atoms with Gasteiger partial charge < -0.3 is 9.64 Å². The number of benzene rings is 1. The van der Waals surface area contributed by atoms with E-state index in [2.05, 4.69) is 34.1 Å². The zero-order chi connectivity index (χ0) is 17.6. The molecule has 1 saturated heterocycles. The number of piperazine rings is 1. The molecule has 0 aliphatic carbocycles. The molecule has 1 aromatic carbocycles. The number of nitrogens with zero attached hydrogens (tertiary/aromatic N) is 3. The molecule has 1 aliphatic heterocycles. The zero-order valence-corrected chi connectivity index (χ0v) is 14.9. The third-order valence-corrected chi connectivity index (χ3v) is 4.64. The molecule has 0 bridgehead atoms. The summed E-state index contributed by atoms with van der Waals surface area (Å²) in [6.07, 6.45) is 1.05. The van der Waals surface area contributed by atoms with Crippen LogP contribution in [-0.4, -0.2) is 60.5 Å². The molecule has 132 valence electrons. The topological polar surface area (TPSA) is 45.7 Å². The van der Waals surface area contributed by atoms with Gasteiger partial charge in [0.15, 0.2) is 0 Å². The Morgan fingerprint density at radius 3 is 2.48 bits per heavy atom. The predicted molar refractivity (Wildman–Crippen MR) is 98.0 cm³/mol. The minimum Gasteiger partial charge on any atom is -0.480 e. The highest BCUT2D eigenvalue weighted by atomic mass is 16.5. The van der Waals surface area contributed by atoms with Crippen molar-refractivity contribution in [1.29, 1.82) is 0 Å². The number of aryl methyl sites for hydroxylation is 1. The summed E-state index contributed by atoms with van der Waals surface area (Å²) < 4.78 is 5.28.